The lowest BCUT2D eigenvalue weighted by atomic mass is 9.52. The van der Waals surface area contributed by atoms with Gasteiger partial charge in [-0.05, 0) is 68.0 Å². The van der Waals surface area contributed by atoms with Crippen LogP contribution < -0.4 is 15.4 Å². The molecule has 1 aromatic carbocycles. The van der Waals surface area contributed by atoms with Gasteiger partial charge >= 0.3 is 6.03 Å². The standard InChI is InChI=1S/C23H33N3O4/c1-15(2)6-10-26-11-8-22-14-20(27)25-21(28)24-9-7-23(22,29)19(26)12-16-4-5-17(30-3)13-18(16)22/h4-5,13,15,19,29H,6-12,14H2,1-3H3,(H2,24,25,27,28)/t19-,22-,23-/m1/s1. The molecular weight excluding hydrogens is 382 g/mol. The van der Waals surface area contributed by atoms with Crippen LogP contribution in [-0.4, -0.2) is 60.3 Å². The molecule has 3 N–H and O–H groups in total. The lowest BCUT2D eigenvalue weighted by molar-refractivity contribution is -0.158. The van der Waals surface area contributed by atoms with Crippen molar-refractivity contribution >= 4 is 11.9 Å². The van der Waals surface area contributed by atoms with E-state index in [0.29, 0.717) is 25.3 Å². The molecule has 0 saturated carbocycles. The van der Waals surface area contributed by atoms with Crippen LogP contribution in [0.1, 0.15) is 50.7 Å². The third kappa shape index (κ3) is 3.38. The van der Waals surface area contributed by atoms with E-state index >= 15 is 0 Å². The third-order valence-corrected chi connectivity index (χ3v) is 7.39. The summed E-state index contributed by atoms with van der Waals surface area (Å²) in [6.45, 7) is 6.50. The van der Waals surface area contributed by atoms with E-state index in [9.17, 15) is 14.7 Å². The van der Waals surface area contributed by atoms with Crippen molar-refractivity contribution in [2.24, 2.45) is 5.92 Å². The van der Waals surface area contributed by atoms with Crippen molar-refractivity contribution in [2.45, 2.75) is 63.0 Å². The number of ether oxygens (including phenoxy) is 1. The molecule has 0 aromatic heterocycles. The molecule has 4 rings (SSSR count). The first-order valence-electron chi connectivity index (χ1n) is 11.0. The summed E-state index contributed by atoms with van der Waals surface area (Å²) in [4.78, 5) is 27.3. The number of carbonyl (C=O) groups excluding carboxylic acids is 2. The predicted molar refractivity (Wildman–Crippen MR) is 114 cm³/mol. The van der Waals surface area contributed by atoms with Gasteiger partial charge in [-0.2, -0.15) is 0 Å². The number of imide groups is 1. The number of benzene rings is 1. The molecule has 0 radical (unpaired) electrons. The summed E-state index contributed by atoms with van der Waals surface area (Å²) in [6.07, 6.45) is 2.95. The van der Waals surface area contributed by atoms with Crippen LogP contribution in [0.4, 0.5) is 4.79 Å². The first kappa shape index (κ1) is 21.1. The molecule has 164 valence electrons. The zero-order chi connectivity index (χ0) is 21.5. The lowest BCUT2D eigenvalue weighted by Gasteiger charge is -2.61. The van der Waals surface area contributed by atoms with Crippen LogP contribution in [0, 0.1) is 5.92 Å². The third-order valence-electron chi connectivity index (χ3n) is 7.39. The number of piperidine rings is 1. The van der Waals surface area contributed by atoms with E-state index in [-0.39, 0.29) is 18.4 Å². The smallest absolute Gasteiger partial charge is 0.321 e. The van der Waals surface area contributed by atoms with E-state index in [1.165, 1.54) is 0 Å². The number of fused-ring (bicyclic) bond motifs is 1. The van der Waals surface area contributed by atoms with Crippen molar-refractivity contribution in [1.82, 2.24) is 15.5 Å². The molecule has 7 heteroatoms. The molecule has 0 spiro atoms. The Bertz CT molecular complexity index is 842. The molecule has 2 saturated heterocycles. The van der Waals surface area contributed by atoms with Gasteiger partial charge < -0.3 is 15.2 Å². The number of carbonyl (C=O) groups is 2. The second-order valence-electron chi connectivity index (χ2n) is 9.45. The number of nitrogens with zero attached hydrogens (tertiary/aromatic N) is 1. The number of likely N-dealkylation sites (tertiary alicyclic amines) is 1. The SMILES string of the molecule is COc1ccc2c(c1)[C@]13CCN(CCC(C)C)[C@H](C2)[C@]1(O)CCNC(=O)NC(=O)C3. The van der Waals surface area contributed by atoms with Crippen molar-refractivity contribution < 1.29 is 19.4 Å². The van der Waals surface area contributed by atoms with Gasteiger partial charge in [0.05, 0.1) is 12.7 Å². The molecule has 3 aliphatic rings. The summed E-state index contributed by atoms with van der Waals surface area (Å²) >= 11 is 0. The predicted octanol–water partition coefficient (Wildman–Crippen LogP) is 1.96. The number of hydrogen-bond acceptors (Lipinski definition) is 5. The Balaban J connectivity index is 1.84. The van der Waals surface area contributed by atoms with Crippen LogP contribution in [0.5, 0.6) is 5.75 Å². The zero-order valence-electron chi connectivity index (χ0n) is 18.2. The van der Waals surface area contributed by atoms with Gasteiger partial charge in [-0.15, -0.1) is 0 Å². The first-order chi connectivity index (χ1) is 14.3. The fraction of sp³-hybridized carbons (Fsp3) is 0.652. The summed E-state index contributed by atoms with van der Waals surface area (Å²) in [5.74, 6) is 0.954. The number of amides is 3. The summed E-state index contributed by atoms with van der Waals surface area (Å²) in [5, 5.41) is 17.5. The molecule has 2 aliphatic heterocycles. The van der Waals surface area contributed by atoms with Gasteiger partial charge in [0, 0.05) is 24.4 Å². The van der Waals surface area contributed by atoms with E-state index in [4.69, 9.17) is 4.74 Å². The maximum atomic E-state index is 12.8. The highest BCUT2D eigenvalue weighted by Gasteiger charge is 2.63. The topological polar surface area (TPSA) is 90.9 Å². The minimum Gasteiger partial charge on any atom is -0.497 e. The van der Waals surface area contributed by atoms with Crippen LogP contribution in [0.2, 0.25) is 0 Å². The van der Waals surface area contributed by atoms with Crippen LogP contribution in [-0.2, 0) is 16.6 Å². The first-order valence-corrected chi connectivity index (χ1v) is 11.0. The minimum absolute atomic E-state index is 0.0889. The Kier molecular flexibility index (Phi) is 5.53. The number of rotatable bonds is 4. The summed E-state index contributed by atoms with van der Waals surface area (Å²) < 4.78 is 5.48. The highest BCUT2D eigenvalue weighted by Crippen LogP contribution is 2.55. The summed E-state index contributed by atoms with van der Waals surface area (Å²) in [5.41, 5.74) is 0.292. The Morgan fingerprint density at radius 1 is 1.30 bits per heavy atom. The average molecular weight is 416 g/mol. The van der Waals surface area contributed by atoms with E-state index in [2.05, 4.69) is 35.4 Å². The van der Waals surface area contributed by atoms with Crippen molar-refractivity contribution in [2.75, 3.05) is 26.7 Å². The fourth-order valence-corrected chi connectivity index (χ4v) is 5.80. The minimum atomic E-state index is -1.11. The molecule has 30 heavy (non-hydrogen) atoms. The van der Waals surface area contributed by atoms with E-state index in [1.54, 1.807) is 7.11 Å². The van der Waals surface area contributed by atoms with Gasteiger partial charge in [-0.25, -0.2) is 4.79 Å². The lowest BCUT2D eigenvalue weighted by Crippen LogP contribution is -2.72. The van der Waals surface area contributed by atoms with Gasteiger partial charge in [0.15, 0.2) is 0 Å². The quantitative estimate of drug-likeness (QED) is 0.699. The van der Waals surface area contributed by atoms with Crippen LogP contribution in [0.15, 0.2) is 18.2 Å². The zero-order valence-corrected chi connectivity index (χ0v) is 18.2. The second kappa shape index (κ2) is 7.85. The average Bonchev–Trinajstić information content (AvgIpc) is 2.73. The maximum absolute atomic E-state index is 12.8. The Morgan fingerprint density at radius 2 is 2.10 bits per heavy atom. The molecule has 2 heterocycles. The van der Waals surface area contributed by atoms with Crippen molar-refractivity contribution in [1.29, 1.82) is 0 Å². The fourth-order valence-electron chi connectivity index (χ4n) is 5.80. The number of hydrogen-bond donors (Lipinski definition) is 3. The van der Waals surface area contributed by atoms with E-state index < -0.39 is 17.0 Å². The number of aliphatic hydroxyl groups is 1. The van der Waals surface area contributed by atoms with Crippen LogP contribution in [0.3, 0.4) is 0 Å². The highest BCUT2D eigenvalue weighted by molar-refractivity contribution is 5.95. The van der Waals surface area contributed by atoms with Crippen molar-refractivity contribution in [3.8, 4) is 5.75 Å². The molecule has 1 aromatic rings. The van der Waals surface area contributed by atoms with Gasteiger partial charge in [-0.3, -0.25) is 15.0 Å². The van der Waals surface area contributed by atoms with Crippen molar-refractivity contribution in [3.05, 3.63) is 29.3 Å². The summed E-state index contributed by atoms with van der Waals surface area (Å²) in [7, 11) is 1.63. The number of urea groups is 1. The Morgan fingerprint density at radius 3 is 2.83 bits per heavy atom. The van der Waals surface area contributed by atoms with Crippen LogP contribution >= 0.6 is 0 Å². The monoisotopic (exact) mass is 415 g/mol. The molecule has 1 aliphatic carbocycles. The Labute approximate surface area is 178 Å². The van der Waals surface area contributed by atoms with Gasteiger partial charge in [-0.1, -0.05) is 19.9 Å². The van der Waals surface area contributed by atoms with E-state index in [0.717, 1.165) is 42.8 Å². The Hall–Kier alpha value is -2.12. The number of methoxy groups -OCH3 is 1. The molecule has 3 atom stereocenters. The molecule has 7 nitrogen and oxygen atoms in total. The molecule has 2 fully saturated rings. The molecule has 3 amide bonds. The van der Waals surface area contributed by atoms with Crippen molar-refractivity contribution in [3.63, 3.8) is 0 Å². The molecule has 0 unspecified atom stereocenters. The molecule has 2 bridgehead atoms. The normalized spacial score (nSPS) is 31.6. The van der Waals surface area contributed by atoms with Gasteiger partial charge in [0.1, 0.15) is 5.75 Å². The van der Waals surface area contributed by atoms with Gasteiger partial charge in [0.2, 0.25) is 5.91 Å². The van der Waals surface area contributed by atoms with Crippen LogP contribution in [0.25, 0.3) is 0 Å². The maximum Gasteiger partial charge on any atom is 0.321 e. The van der Waals surface area contributed by atoms with E-state index in [1.807, 2.05) is 12.1 Å². The number of nitrogens with one attached hydrogen (secondary N) is 2. The highest BCUT2D eigenvalue weighted by atomic mass is 16.5. The van der Waals surface area contributed by atoms with Gasteiger partial charge in [0.25, 0.3) is 0 Å². The molecular formula is C23H33N3O4. The second-order valence-corrected chi connectivity index (χ2v) is 9.45. The largest absolute Gasteiger partial charge is 0.497 e. The summed E-state index contributed by atoms with van der Waals surface area (Å²) in [6, 6.07) is 5.43.